The molecule has 2 rings (SSSR count). The fourth-order valence-electron chi connectivity index (χ4n) is 3.29. The lowest BCUT2D eigenvalue weighted by Crippen LogP contribution is -2.37. The third-order valence-electron chi connectivity index (χ3n) is 4.67. The zero-order valence-corrected chi connectivity index (χ0v) is 14.4. The Balaban J connectivity index is 2.09. The van der Waals surface area contributed by atoms with Crippen LogP contribution < -0.4 is 10.2 Å². The molecule has 0 saturated heterocycles. The fraction of sp³-hybridized carbons (Fsp3) is 0.529. The molecule has 0 unspecified atom stereocenters. The van der Waals surface area contributed by atoms with Gasteiger partial charge in [-0.2, -0.15) is 0 Å². The summed E-state index contributed by atoms with van der Waals surface area (Å²) in [7, 11) is 3.38. The van der Waals surface area contributed by atoms with Crippen LogP contribution in [0.2, 0.25) is 0 Å². The van der Waals surface area contributed by atoms with Gasteiger partial charge in [0.1, 0.15) is 5.69 Å². The highest BCUT2D eigenvalue weighted by molar-refractivity contribution is 5.95. The van der Waals surface area contributed by atoms with E-state index in [1.165, 1.54) is 18.2 Å². The maximum atomic E-state index is 12.3. The number of carbonyl (C=O) groups excluding carboxylic acids is 1. The summed E-state index contributed by atoms with van der Waals surface area (Å²) in [5.41, 5.74) is 0.471. The molecule has 0 aromatic heterocycles. The molecular formula is C17H23N3O5. The molecule has 1 amide bonds. The molecule has 8 nitrogen and oxygen atoms in total. The quantitative estimate of drug-likeness (QED) is 0.602. The molecule has 2 N–H and O–H groups in total. The van der Waals surface area contributed by atoms with Crippen LogP contribution in [-0.2, 0) is 4.79 Å². The summed E-state index contributed by atoms with van der Waals surface area (Å²) in [5, 5.41) is 23.2. The Morgan fingerprint density at radius 2 is 2.00 bits per heavy atom. The number of rotatable bonds is 6. The van der Waals surface area contributed by atoms with Crippen molar-refractivity contribution >= 4 is 23.3 Å². The Labute approximate surface area is 146 Å². The molecule has 25 heavy (non-hydrogen) atoms. The van der Waals surface area contributed by atoms with E-state index in [0.29, 0.717) is 12.1 Å². The van der Waals surface area contributed by atoms with Crippen molar-refractivity contribution in [1.82, 2.24) is 5.32 Å². The van der Waals surface area contributed by atoms with E-state index in [9.17, 15) is 24.8 Å². The number of nitrogens with zero attached hydrogens (tertiary/aromatic N) is 2. The number of nitro benzene ring substituents is 1. The smallest absolute Gasteiger partial charge is 0.306 e. The van der Waals surface area contributed by atoms with Gasteiger partial charge in [0.2, 0.25) is 0 Å². The van der Waals surface area contributed by atoms with Crippen molar-refractivity contribution in [3.8, 4) is 0 Å². The second-order valence-corrected chi connectivity index (χ2v) is 6.55. The van der Waals surface area contributed by atoms with Gasteiger partial charge in [0.15, 0.2) is 0 Å². The highest BCUT2D eigenvalue weighted by Gasteiger charge is 2.31. The number of aliphatic carboxylic acids is 1. The van der Waals surface area contributed by atoms with Gasteiger partial charge in [-0.25, -0.2) is 0 Å². The maximum Gasteiger partial charge on any atom is 0.306 e. The van der Waals surface area contributed by atoms with Crippen LogP contribution in [0.5, 0.6) is 0 Å². The molecule has 1 aliphatic carbocycles. The van der Waals surface area contributed by atoms with Crippen LogP contribution in [0.3, 0.4) is 0 Å². The lowest BCUT2D eigenvalue weighted by molar-refractivity contribution is -0.384. The maximum absolute atomic E-state index is 12.3. The van der Waals surface area contributed by atoms with Crippen LogP contribution in [0.15, 0.2) is 18.2 Å². The van der Waals surface area contributed by atoms with Gasteiger partial charge in [0.05, 0.1) is 10.8 Å². The average molecular weight is 349 g/mol. The van der Waals surface area contributed by atoms with Crippen LogP contribution in [0, 0.1) is 22.0 Å². The number of carboxylic acids is 1. The normalized spacial score (nSPS) is 19.9. The Morgan fingerprint density at radius 1 is 1.32 bits per heavy atom. The number of anilines is 1. The monoisotopic (exact) mass is 349 g/mol. The minimum Gasteiger partial charge on any atom is -0.481 e. The van der Waals surface area contributed by atoms with Crippen molar-refractivity contribution < 1.29 is 19.6 Å². The van der Waals surface area contributed by atoms with Crippen LogP contribution in [0.25, 0.3) is 0 Å². The van der Waals surface area contributed by atoms with Gasteiger partial charge in [0, 0.05) is 32.3 Å². The van der Waals surface area contributed by atoms with Crippen molar-refractivity contribution in [2.45, 2.75) is 25.7 Å². The van der Waals surface area contributed by atoms with Crippen LogP contribution in [-0.4, -0.2) is 42.5 Å². The van der Waals surface area contributed by atoms with E-state index in [0.717, 1.165) is 19.3 Å². The minimum absolute atomic E-state index is 0.105. The van der Waals surface area contributed by atoms with E-state index < -0.39 is 22.7 Å². The van der Waals surface area contributed by atoms with Gasteiger partial charge >= 0.3 is 5.97 Å². The Hall–Kier alpha value is -2.64. The zero-order valence-electron chi connectivity index (χ0n) is 14.4. The van der Waals surface area contributed by atoms with E-state index in [1.54, 1.807) is 19.0 Å². The number of nitro groups is 1. The summed E-state index contributed by atoms with van der Waals surface area (Å²) in [6.45, 7) is 0.263. The lowest BCUT2D eigenvalue weighted by Gasteiger charge is -2.28. The first-order valence-electron chi connectivity index (χ1n) is 8.28. The molecular weight excluding hydrogens is 326 g/mol. The summed E-state index contributed by atoms with van der Waals surface area (Å²) >= 11 is 0. The van der Waals surface area contributed by atoms with Gasteiger partial charge in [-0.15, -0.1) is 0 Å². The second kappa shape index (κ2) is 7.96. The standard InChI is InChI=1S/C17H23N3O5/c1-19(2)14-8-7-11(9-15(14)20(24)25)16(21)18-10-12-5-3-4-6-13(12)17(22)23/h7-9,12-13H,3-6,10H2,1-2H3,(H,18,21)(H,22,23)/t12-,13-/m0/s1. The van der Waals surface area contributed by atoms with Crippen molar-refractivity contribution in [3.05, 3.63) is 33.9 Å². The van der Waals surface area contributed by atoms with E-state index in [4.69, 9.17) is 0 Å². The van der Waals surface area contributed by atoms with E-state index in [-0.39, 0.29) is 23.7 Å². The summed E-state index contributed by atoms with van der Waals surface area (Å²) in [6.07, 6.45) is 3.22. The van der Waals surface area contributed by atoms with Crippen molar-refractivity contribution in [2.75, 3.05) is 25.5 Å². The molecule has 2 atom stereocenters. The molecule has 0 aliphatic heterocycles. The summed E-state index contributed by atoms with van der Waals surface area (Å²) in [4.78, 5) is 35.9. The van der Waals surface area contributed by atoms with Crippen molar-refractivity contribution in [2.24, 2.45) is 11.8 Å². The summed E-state index contributed by atoms with van der Waals surface area (Å²) in [6, 6.07) is 4.32. The minimum atomic E-state index is -0.829. The highest BCUT2D eigenvalue weighted by Crippen LogP contribution is 2.30. The summed E-state index contributed by atoms with van der Waals surface area (Å²) in [5.74, 6) is -1.81. The summed E-state index contributed by atoms with van der Waals surface area (Å²) < 4.78 is 0. The SMILES string of the molecule is CN(C)c1ccc(C(=O)NC[C@@H]2CCCC[C@@H]2C(=O)O)cc1[N+](=O)[O-]. The molecule has 1 aromatic carbocycles. The predicted molar refractivity (Wildman–Crippen MR) is 92.8 cm³/mol. The Morgan fingerprint density at radius 3 is 2.60 bits per heavy atom. The second-order valence-electron chi connectivity index (χ2n) is 6.55. The third-order valence-corrected chi connectivity index (χ3v) is 4.67. The van der Waals surface area contributed by atoms with Gasteiger partial charge in [-0.3, -0.25) is 19.7 Å². The van der Waals surface area contributed by atoms with Gasteiger partial charge in [0.25, 0.3) is 11.6 Å². The predicted octanol–water partition coefficient (Wildman–Crippen LogP) is 2.28. The first-order valence-corrected chi connectivity index (χ1v) is 8.28. The molecule has 0 radical (unpaired) electrons. The molecule has 1 fully saturated rings. The van der Waals surface area contributed by atoms with Gasteiger partial charge < -0.3 is 15.3 Å². The number of carbonyl (C=O) groups is 2. The lowest BCUT2D eigenvalue weighted by atomic mass is 9.79. The molecule has 1 aliphatic rings. The first-order chi connectivity index (χ1) is 11.8. The number of amides is 1. The zero-order chi connectivity index (χ0) is 18.6. The molecule has 8 heteroatoms. The Bertz CT molecular complexity index is 674. The number of hydrogen-bond donors (Lipinski definition) is 2. The average Bonchev–Trinajstić information content (AvgIpc) is 2.59. The van der Waals surface area contributed by atoms with Crippen LogP contribution >= 0.6 is 0 Å². The molecule has 0 bridgehead atoms. The number of carboxylic acid groups (broad SMARTS) is 1. The van der Waals surface area contributed by atoms with Crippen LogP contribution in [0.1, 0.15) is 36.0 Å². The third kappa shape index (κ3) is 4.46. The van der Waals surface area contributed by atoms with E-state index in [2.05, 4.69) is 5.32 Å². The molecule has 1 aromatic rings. The topological polar surface area (TPSA) is 113 Å². The largest absolute Gasteiger partial charge is 0.481 e. The molecule has 1 saturated carbocycles. The van der Waals surface area contributed by atoms with Crippen molar-refractivity contribution in [1.29, 1.82) is 0 Å². The Kier molecular flexibility index (Phi) is 5.95. The number of nitrogens with one attached hydrogen (secondary N) is 1. The number of benzene rings is 1. The molecule has 136 valence electrons. The van der Waals surface area contributed by atoms with Crippen molar-refractivity contribution in [3.63, 3.8) is 0 Å². The molecule has 0 heterocycles. The van der Waals surface area contributed by atoms with Crippen LogP contribution in [0.4, 0.5) is 11.4 Å². The van der Waals surface area contributed by atoms with E-state index >= 15 is 0 Å². The first kappa shape index (κ1) is 18.7. The fourth-order valence-corrected chi connectivity index (χ4v) is 3.29. The van der Waals surface area contributed by atoms with Gasteiger partial charge in [-0.05, 0) is 30.9 Å². The number of hydrogen-bond acceptors (Lipinski definition) is 5. The van der Waals surface area contributed by atoms with Gasteiger partial charge in [-0.1, -0.05) is 12.8 Å². The highest BCUT2D eigenvalue weighted by atomic mass is 16.6. The molecule has 0 spiro atoms. The van der Waals surface area contributed by atoms with E-state index in [1.807, 2.05) is 0 Å².